The van der Waals surface area contributed by atoms with Crippen LogP contribution in [-0.2, 0) is 12.0 Å². The Kier molecular flexibility index (Phi) is 8.92. The molecule has 2 heteroatoms. The lowest BCUT2D eigenvalue weighted by Gasteiger charge is -2.23. The van der Waals surface area contributed by atoms with E-state index in [9.17, 15) is 0 Å². The number of aryl methyl sites for hydroxylation is 1. The molecule has 0 saturated carbocycles. The van der Waals surface area contributed by atoms with E-state index in [4.69, 9.17) is 4.99 Å². The smallest absolute Gasteiger partial charge is 0.0657 e. The van der Waals surface area contributed by atoms with Crippen LogP contribution >= 0.6 is 0 Å². The summed E-state index contributed by atoms with van der Waals surface area (Å²) in [5.41, 5.74) is 13.7. The van der Waals surface area contributed by atoms with Crippen molar-refractivity contribution in [2.24, 2.45) is 4.99 Å². The van der Waals surface area contributed by atoms with Crippen LogP contribution in [0, 0.1) is 6.92 Å². The van der Waals surface area contributed by atoms with Crippen molar-refractivity contribution >= 4 is 22.5 Å². The zero-order valence-corrected chi connectivity index (χ0v) is 26.1. The van der Waals surface area contributed by atoms with Gasteiger partial charge < -0.3 is 4.90 Å². The molecule has 0 aliphatic heterocycles. The lowest BCUT2D eigenvalue weighted by Crippen LogP contribution is -2.21. The van der Waals surface area contributed by atoms with E-state index in [1.165, 1.54) is 55.8 Å². The van der Waals surface area contributed by atoms with Crippen LogP contribution in [0.5, 0.6) is 0 Å². The summed E-state index contributed by atoms with van der Waals surface area (Å²) < 4.78 is 0. The van der Waals surface area contributed by atoms with E-state index in [0.29, 0.717) is 6.54 Å². The van der Waals surface area contributed by atoms with Gasteiger partial charge in [0, 0.05) is 24.3 Å². The van der Waals surface area contributed by atoms with Crippen LogP contribution in [0.4, 0.5) is 5.69 Å². The number of aliphatic imine (C=N–C) groups is 1. The van der Waals surface area contributed by atoms with Gasteiger partial charge in [-0.15, -0.1) is 0 Å². The van der Waals surface area contributed by atoms with Gasteiger partial charge in [-0.05, 0) is 89.8 Å². The van der Waals surface area contributed by atoms with Crippen LogP contribution in [-0.4, -0.2) is 18.8 Å². The number of benzene rings is 4. The number of rotatable bonds is 9. The van der Waals surface area contributed by atoms with E-state index in [1.807, 2.05) is 0 Å². The Balaban J connectivity index is 1.56. The lowest BCUT2D eigenvalue weighted by molar-refractivity contribution is 0.506. The summed E-state index contributed by atoms with van der Waals surface area (Å²) in [6.07, 6.45) is 5.59. The molecule has 0 heterocycles. The van der Waals surface area contributed by atoms with Crippen LogP contribution in [0.1, 0.15) is 80.0 Å². The Bertz CT molecular complexity index is 1590. The topological polar surface area (TPSA) is 15.6 Å². The maximum atomic E-state index is 5.11. The first-order valence-electron chi connectivity index (χ1n) is 15.4. The fourth-order valence-electron chi connectivity index (χ4n) is 5.71. The van der Waals surface area contributed by atoms with Crippen molar-refractivity contribution in [3.05, 3.63) is 148 Å². The minimum absolute atomic E-state index is 0.194. The van der Waals surface area contributed by atoms with E-state index in [-0.39, 0.29) is 5.41 Å². The van der Waals surface area contributed by atoms with Crippen molar-refractivity contribution in [1.82, 2.24) is 0 Å². The van der Waals surface area contributed by atoms with E-state index in [1.54, 1.807) is 0 Å². The Morgan fingerprint density at radius 1 is 0.690 bits per heavy atom. The van der Waals surface area contributed by atoms with Gasteiger partial charge in [-0.25, -0.2) is 0 Å². The molecule has 1 aliphatic rings. The van der Waals surface area contributed by atoms with Gasteiger partial charge in [0.2, 0.25) is 0 Å². The minimum atomic E-state index is 0.194. The Morgan fingerprint density at radius 2 is 1.29 bits per heavy atom. The summed E-state index contributed by atoms with van der Waals surface area (Å²) >= 11 is 0. The Hall–Kier alpha value is -4.17. The van der Waals surface area contributed by atoms with E-state index in [2.05, 4.69) is 156 Å². The van der Waals surface area contributed by atoms with Gasteiger partial charge in [-0.1, -0.05) is 117 Å². The number of hydrogen-bond donors (Lipinski definition) is 0. The summed E-state index contributed by atoms with van der Waals surface area (Å²) in [6, 6.07) is 35.7. The standard InChI is InChI=1S/C40H44N2/c1-7-40(5,6)33-22-16-30(17-23-33)28-41-38-27-26-37(35-12-10-11-13-36(35)38)39(31-18-14-29(4)15-19-31)32-20-24-34(25-21-32)42(8-2)9-3/h10-27H,7-9,28H2,1-6H3. The predicted molar refractivity (Wildman–Crippen MR) is 183 cm³/mol. The van der Waals surface area contributed by atoms with Crippen LogP contribution in [0.25, 0.3) is 11.1 Å². The molecule has 0 unspecified atom stereocenters. The molecule has 0 amide bonds. The Morgan fingerprint density at radius 3 is 1.88 bits per heavy atom. The van der Waals surface area contributed by atoms with Gasteiger partial charge >= 0.3 is 0 Å². The number of anilines is 1. The highest BCUT2D eigenvalue weighted by Gasteiger charge is 2.21. The van der Waals surface area contributed by atoms with Crippen molar-refractivity contribution in [3.63, 3.8) is 0 Å². The molecule has 1 aliphatic carbocycles. The van der Waals surface area contributed by atoms with Gasteiger partial charge in [0.15, 0.2) is 0 Å². The average molecular weight is 553 g/mol. The molecule has 0 N–H and O–H groups in total. The molecular formula is C40H44N2. The Labute approximate surface area is 253 Å². The van der Waals surface area contributed by atoms with Crippen LogP contribution in [0.2, 0.25) is 0 Å². The molecule has 0 fully saturated rings. The number of allylic oxidation sites excluding steroid dienone is 3. The monoisotopic (exact) mass is 552 g/mol. The van der Waals surface area contributed by atoms with Crippen molar-refractivity contribution in [1.29, 1.82) is 0 Å². The molecule has 2 nitrogen and oxygen atoms in total. The maximum Gasteiger partial charge on any atom is 0.0657 e. The van der Waals surface area contributed by atoms with E-state index in [0.717, 1.165) is 25.2 Å². The first kappa shape index (κ1) is 29.3. The molecule has 0 saturated heterocycles. The summed E-state index contributed by atoms with van der Waals surface area (Å²) in [5, 5.41) is 0. The fraction of sp³-hybridized carbons (Fsp3) is 0.275. The van der Waals surface area contributed by atoms with Gasteiger partial charge in [0.1, 0.15) is 0 Å². The quantitative estimate of drug-likeness (QED) is 0.202. The third-order valence-corrected chi connectivity index (χ3v) is 8.85. The second-order valence-electron chi connectivity index (χ2n) is 11.9. The van der Waals surface area contributed by atoms with Gasteiger partial charge in [0.25, 0.3) is 0 Å². The molecule has 4 aromatic rings. The zero-order valence-electron chi connectivity index (χ0n) is 26.1. The molecule has 214 valence electrons. The summed E-state index contributed by atoms with van der Waals surface area (Å²) in [6.45, 7) is 16.1. The number of fused-ring (bicyclic) bond motifs is 1. The second kappa shape index (κ2) is 12.8. The number of nitrogens with zero attached hydrogens (tertiary/aromatic N) is 2. The predicted octanol–water partition coefficient (Wildman–Crippen LogP) is 10.0. The first-order valence-corrected chi connectivity index (χ1v) is 15.4. The van der Waals surface area contributed by atoms with Gasteiger partial charge in [0.05, 0.1) is 12.3 Å². The summed E-state index contributed by atoms with van der Waals surface area (Å²) in [7, 11) is 0. The van der Waals surface area contributed by atoms with Crippen molar-refractivity contribution in [2.45, 2.75) is 59.9 Å². The first-order chi connectivity index (χ1) is 20.3. The molecular weight excluding hydrogens is 508 g/mol. The summed E-state index contributed by atoms with van der Waals surface area (Å²) in [4.78, 5) is 7.50. The molecule has 5 rings (SSSR count). The highest BCUT2D eigenvalue weighted by molar-refractivity contribution is 6.19. The molecule has 0 aromatic heterocycles. The number of hydrogen-bond acceptors (Lipinski definition) is 2. The highest BCUT2D eigenvalue weighted by atomic mass is 15.1. The largest absolute Gasteiger partial charge is 0.372 e. The normalized spacial score (nSPS) is 15.0. The lowest BCUT2D eigenvalue weighted by atomic mass is 9.82. The maximum absolute atomic E-state index is 5.11. The molecule has 0 radical (unpaired) electrons. The van der Waals surface area contributed by atoms with Crippen molar-refractivity contribution < 1.29 is 0 Å². The molecule has 0 spiro atoms. The second-order valence-corrected chi connectivity index (χ2v) is 11.9. The van der Waals surface area contributed by atoms with Crippen LogP contribution in [0.3, 0.4) is 0 Å². The average Bonchev–Trinajstić information content (AvgIpc) is 3.03. The minimum Gasteiger partial charge on any atom is -0.372 e. The fourth-order valence-corrected chi connectivity index (χ4v) is 5.71. The molecule has 0 atom stereocenters. The third kappa shape index (κ3) is 6.19. The van der Waals surface area contributed by atoms with Gasteiger partial charge in [-0.2, -0.15) is 0 Å². The molecule has 42 heavy (non-hydrogen) atoms. The highest BCUT2D eigenvalue weighted by Crippen LogP contribution is 2.38. The van der Waals surface area contributed by atoms with E-state index < -0.39 is 0 Å². The van der Waals surface area contributed by atoms with Crippen molar-refractivity contribution in [2.75, 3.05) is 18.0 Å². The summed E-state index contributed by atoms with van der Waals surface area (Å²) in [5.74, 6) is 0. The molecule has 0 bridgehead atoms. The SMILES string of the molecule is CCN(CC)c1ccc(C(=C2C=CC(=NCc3ccc(C(C)(C)CC)cc3)c3ccccc32)c2ccc(C)cc2)cc1. The van der Waals surface area contributed by atoms with E-state index >= 15 is 0 Å². The third-order valence-electron chi connectivity index (χ3n) is 8.85. The van der Waals surface area contributed by atoms with Crippen LogP contribution in [0.15, 0.2) is 114 Å². The van der Waals surface area contributed by atoms with Gasteiger partial charge in [-0.3, -0.25) is 4.99 Å². The molecule has 4 aromatic carbocycles. The van der Waals surface area contributed by atoms with Crippen molar-refractivity contribution in [3.8, 4) is 0 Å². The zero-order chi connectivity index (χ0) is 29.7. The van der Waals surface area contributed by atoms with Crippen LogP contribution < -0.4 is 4.90 Å².